The topological polar surface area (TPSA) is 49.3 Å². The van der Waals surface area contributed by atoms with Crippen LogP contribution in [0, 0.1) is 5.82 Å². The molecule has 92 valence electrons. The Morgan fingerprint density at radius 2 is 2.00 bits per heavy atom. The average molecular weight is 237 g/mol. The van der Waals surface area contributed by atoms with Gasteiger partial charge in [-0.2, -0.15) is 0 Å². The second-order valence-electron chi connectivity index (χ2n) is 4.47. The molecule has 4 heteroatoms. The highest BCUT2D eigenvalue weighted by Crippen LogP contribution is 2.24. The molecule has 0 aliphatic heterocycles. The second-order valence-corrected chi connectivity index (χ2v) is 4.47. The molecule has 3 nitrogen and oxygen atoms in total. The first-order chi connectivity index (χ1) is 8.16. The van der Waals surface area contributed by atoms with Crippen molar-refractivity contribution < 1.29 is 14.3 Å². The first-order valence-corrected chi connectivity index (χ1v) is 5.96. The van der Waals surface area contributed by atoms with Crippen molar-refractivity contribution in [1.29, 1.82) is 0 Å². The zero-order valence-corrected chi connectivity index (χ0v) is 9.58. The third-order valence-electron chi connectivity index (χ3n) is 3.18. The van der Waals surface area contributed by atoms with Crippen molar-refractivity contribution in [2.24, 2.45) is 0 Å². The molecule has 1 aromatic rings. The summed E-state index contributed by atoms with van der Waals surface area (Å²) >= 11 is 0. The van der Waals surface area contributed by atoms with E-state index in [4.69, 9.17) is 5.11 Å². The zero-order valence-electron chi connectivity index (χ0n) is 9.58. The Morgan fingerprint density at radius 1 is 1.29 bits per heavy atom. The molecule has 17 heavy (non-hydrogen) atoms. The van der Waals surface area contributed by atoms with Crippen molar-refractivity contribution in [1.82, 2.24) is 0 Å². The molecule has 0 bridgehead atoms. The normalized spacial score (nSPS) is 16.8. The first-order valence-electron chi connectivity index (χ1n) is 5.96. The van der Waals surface area contributed by atoms with Gasteiger partial charge in [-0.25, -0.2) is 9.18 Å². The number of rotatable bonds is 3. The number of carbonyl (C=O) groups is 1. The van der Waals surface area contributed by atoms with Gasteiger partial charge in [0.25, 0.3) is 0 Å². The molecule has 1 aliphatic carbocycles. The predicted molar refractivity (Wildman–Crippen MR) is 63.9 cm³/mol. The molecular formula is C13H16FNO2. The van der Waals surface area contributed by atoms with Crippen LogP contribution in [-0.4, -0.2) is 17.1 Å². The SMILES string of the molecule is O=C(O)c1cc(F)ccc1NC1CCCCC1. The summed E-state index contributed by atoms with van der Waals surface area (Å²) in [6.45, 7) is 0. The lowest BCUT2D eigenvalue weighted by atomic mass is 9.95. The zero-order chi connectivity index (χ0) is 12.3. The number of nitrogens with one attached hydrogen (secondary N) is 1. The van der Waals surface area contributed by atoms with Gasteiger partial charge in [-0.15, -0.1) is 0 Å². The van der Waals surface area contributed by atoms with Crippen molar-refractivity contribution >= 4 is 11.7 Å². The Morgan fingerprint density at radius 3 is 2.65 bits per heavy atom. The molecule has 1 aliphatic rings. The number of halogens is 1. The van der Waals surface area contributed by atoms with Crippen molar-refractivity contribution in [3.05, 3.63) is 29.6 Å². The van der Waals surface area contributed by atoms with E-state index in [-0.39, 0.29) is 5.56 Å². The summed E-state index contributed by atoms with van der Waals surface area (Å²) < 4.78 is 13.0. The van der Waals surface area contributed by atoms with Crippen LogP contribution in [0.4, 0.5) is 10.1 Å². The highest BCUT2D eigenvalue weighted by Gasteiger charge is 2.17. The molecule has 0 aromatic heterocycles. The Hall–Kier alpha value is -1.58. The smallest absolute Gasteiger partial charge is 0.337 e. The quantitative estimate of drug-likeness (QED) is 0.848. The Kier molecular flexibility index (Phi) is 3.61. The monoisotopic (exact) mass is 237 g/mol. The minimum absolute atomic E-state index is 0.00979. The summed E-state index contributed by atoms with van der Waals surface area (Å²) in [5.41, 5.74) is 0.529. The van der Waals surface area contributed by atoms with Gasteiger partial charge in [0.1, 0.15) is 5.82 Å². The Balaban J connectivity index is 2.16. The van der Waals surface area contributed by atoms with Crippen molar-refractivity contribution in [3.63, 3.8) is 0 Å². The number of carboxylic acid groups (broad SMARTS) is 1. The lowest BCUT2D eigenvalue weighted by molar-refractivity contribution is 0.0697. The molecule has 0 unspecified atom stereocenters. The first kappa shape index (κ1) is 11.9. The summed E-state index contributed by atoms with van der Waals surface area (Å²) in [4.78, 5) is 11.0. The lowest BCUT2D eigenvalue weighted by Gasteiger charge is -2.24. The van der Waals surface area contributed by atoms with Crippen LogP contribution in [-0.2, 0) is 0 Å². The van der Waals surface area contributed by atoms with Crippen LogP contribution in [0.3, 0.4) is 0 Å². The van der Waals surface area contributed by atoms with Gasteiger partial charge in [-0.1, -0.05) is 19.3 Å². The Labute approximate surface area is 99.7 Å². The van der Waals surface area contributed by atoms with Gasteiger partial charge in [-0.05, 0) is 31.0 Å². The molecule has 0 amide bonds. The Bertz CT molecular complexity index is 414. The van der Waals surface area contributed by atoms with E-state index in [1.165, 1.54) is 31.4 Å². The number of aromatic carboxylic acids is 1. The minimum atomic E-state index is -1.09. The number of carboxylic acids is 1. The maximum absolute atomic E-state index is 13.0. The van der Waals surface area contributed by atoms with Gasteiger partial charge in [0.05, 0.1) is 5.56 Å². The molecule has 1 fully saturated rings. The fraction of sp³-hybridized carbons (Fsp3) is 0.462. The maximum atomic E-state index is 13.0. The van der Waals surface area contributed by atoms with Crippen molar-refractivity contribution in [2.75, 3.05) is 5.32 Å². The van der Waals surface area contributed by atoms with Gasteiger partial charge < -0.3 is 10.4 Å². The molecular weight excluding hydrogens is 221 g/mol. The van der Waals surface area contributed by atoms with Crippen LogP contribution in [0.2, 0.25) is 0 Å². The number of hydrogen-bond donors (Lipinski definition) is 2. The van der Waals surface area contributed by atoms with Crippen LogP contribution < -0.4 is 5.32 Å². The molecule has 0 radical (unpaired) electrons. The van der Waals surface area contributed by atoms with Gasteiger partial charge in [0.2, 0.25) is 0 Å². The van der Waals surface area contributed by atoms with Crippen molar-refractivity contribution in [2.45, 2.75) is 38.1 Å². The second kappa shape index (κ2) is 5.17. The van der Waals surface area contributed by atoms with Crippen molar-refractivity contribution in [3.8, 4) is 0 Å². The highest BCUT2D eigenvalue weighted by atomic mass is 19.1. The number of hydrogen-bond acceptors (Lipinski definition) is 2. The van der Waals surface area contributed by atoms with E-state index in [1.54, 1.807) is 0 Å². The predicted octanol–water partition coefficient (Wildman–Crippen LogP) is 3.27. The van der Waals surface area contributed by atoms with Crippen LogP contribution >= 0.6 is 0 Å². The molecule has 0 spiro atoms. The summed E-state index contributed by atoms with van der Waals surface area (Å²) in [6.07, 6.45) is 5.68. The van der Waals surface area contributed by atoms with Gasteiger partial charge in [0.15, 0.2) is 0 Å². The summed E-state index contributed by atoms with van der Waals surface area (Å²) in [6, 6.07) is 4.17. The fourth-order valence-corrected chi connectivity index (χ4v) is 2.29. The van der Waals surface area contributed by atoms with E-state index in [9.17, 15) is 9.18 Å². The molecule has 1 aromatic carbocycles. The molecule has 0 heterocycles. The molecule has 2 N–H and O–H groups in total. The van der Waals surface area contributed by atoms with E-state index in [2.05, 4.69) is 5.32 Å². The van der Waals surface area contributed by atoms with E-state index in [1.807, 2.05) is 0 Å². The largest absolute Gasteiger partial charge is 0.478 e. The molecule has 2 rings (SSSR count). The summed E-state index contributed by atoms with van der Waals surface area (Å²) in [5, 5.41) is 12.2. The molecule has 1 saturated carbocycles. The van der Waals surface area contributed by atoms with E-state index < -0.39 is 11.8 Å². The van der Waals surface area contributed by atoms with E-state index in [0.29, 0.717) is 11.7 Å². The maximum Gasteiger partial charge on any atom is 0.337 e. The summed E-state index contributed by atoms with van der Waals surface area (Å²) in [5.74, 6) is -1.61. The van der Waals surface area contributed by atoms with Gasteiger partial charge >= 0.3 is 5.97 Å². The third-order valence-corrected chi connectivity index (χ3v) is 3.18. The number of benzene rings is 1. The number of anilines is 1. The van der Waals surface area contributed by atoms with E-state index >= 15 is 0 Å². The van der Waals surface area contributed by atoms with Gasteiger partial charge in [-0.3, -0.25) is 0 Å². The van der Waals surface area contributed by atoms with Crippen LogP contribution in [0.5, 0.6) is 0 Å². The van der Waals surface area contributed by atoms with E-state index in [0.717, 1.165) is 18.9 Å². The van der Waals surface area contributed by atoms with Gasteiger partial charge in [0, 0.05) is 11.7 Å². The van der Waals surface area contributed by atoms with Crippen LogP contribution in [0.15, 0.2) is 18.2 Å². The average Bonchev–Trinajstić information content (AvgIpc) is 2.32. The highest BCUT2D eigenvalue weighted by molar-refractivity contribution is 5.94. The minimum Gasteiger partial charge on any atom is -0.478 e. The van der Waals surface area contributed by atoms with Crippen LogP contribution in [0.25, 0.3) is 0 Å². The summed E-state index contributed by atoms with van der Waals surface area (Å²) in [7, 11) is 0. The molecule has 0 saturated heterocycles. The fourth-order valence-electron chi connectivity index (χ4n) is 2.29. The third kappa shape index (κ3) is 2.96. The van der Waals surface area contributed by atoms with Crippen LogP contribution in [0.1, 0.15) is 42.5 Å². The lowest BCUT2D eigenvalue weighted by Crippen LogP contribution is -2.23. The molecule has 0 atom stereocenters. The standard InChI is InChI=1S/C13H16FNO2/c14-9-6-7-12(11(8-9)13(16)17)15-10-4-2-1-3-5-10/h6-8,10,15H,1-5H2,(H,16,17).